The van der Waals surface area contributed by atoms with Gasteiger partial charge in [-0.15, -0.1) is 0 Å². The number of phenols is 1. The maximum atomic E-state index is 12.8. The molecule has 3 nitrogen and oxygen atoms in total. The summed E-state index contributed by atoms with van der Waals surface area (Å²) in [6.07, 6.45) is 2.94. The number of hydrogen-bond donors (Lipinski definition) is 1. The Morgan fingerprint density at radius 2 is 1.88 bits per heavy atom. The third-order valence-corrected chi connectivity index (χ3v) is 4.56. The van der Waals surface area contributed by atoms with E-state index in [9.17, 15) is 9.90 Å². The van der Waals surface area contributed by atoms with Crippen LogP contribution in [0.5, 0.6) is 5.75 Å². The molecule has 0 radical (unpaired) electrons. The zero-order chi connectivity index (χ0) is 17.1. The van der Waals surface area contributed by atoms with Crippen molar-refractivity contribution >= 4 is 11.5 Å². The van der Waals surface area contributed by atoms with Crippen molar-refractivity contribution in [1.29, 1.82) is 0 Å². The highest BCUT2D eigenvalue weighted by Crippen LogP contribution is 2.27. The SMILES string of the molecule is CC(C)c1ccc(O)c(C(=O)N2CC=C(c3ccccc3)CC2)c1. The summed E-state index contributed by atoms with van der Waals surface area (Å²) in [6.45, 7) is 5.41. The van der Waals surface area contributed by atoms with Crippen LogP contribution in [0.25, 0.3) is 5.57 Å². The van der Waals surface area contributed by atoms with Crippen LogP contribution in [0.1, 0.15) is 47.7 Å². The van der Waals surface area contributed by atoms with Gasteiger partial charge >= 0.3 is 0 Å². The molecule has 0 unspecified atom stereocenters. The molecular formula is C21H23NO2. The molecule has 1 aliphatic heterocycles. The van der Waals surface area contributed by atoms with Gasteiger partial charge in [-0.3, -0.25) is 4.79 Å². The van der Waals surface area contributed by atoms with E-state index in [0.29, 0.717) is 24.6 Å². The van der Waals surface area contributed by atoms with Crippen LogP contribution < -0.4 is 0 Å². The summed E-state index contributed by atoms with van der Waals surface area (Å²) in [5.74, 6) is 0.281. The molecule has 0 fully saturated rings. The third-order valence-electron chi connectivity index (χ3n) is 4.56. The lowest BCUT2D eigenvalue weighted by Crippen LogP contribution is -2.34. The van der Waals surface area contributed by atoms with E-state index in [1.54, 1.807) is 11.0 Å². The van der Waals surface area contributed by atoms with Crippen LogP contribution in [0.15, 0.2) is 54.6 Å². The largest absolute Gasteiger partial charge is 0.507 e. The minimum absolute atomic E-state index is 0.0576. The predicted octanol–water partition coefficient (Wildman–Crippen LogP) is 4.45. The van der Waals surface area contributed by atoms with Gasteiger partial charge in [0.1, 0.15) is 5.75 Å². The Kier molecular flexibility index (Phi) is 4.70. The molecule has 1 amide bonds. The van der Waals surface area contributed by atoms with E-state index in [0.717, 1.165) is 12.0 Å². The summed E-state index contributed by atoms with van der Waals surface area (Å²) in [5.41, 5.74) is 3.96. The van der Waals surface area contributed by atoms with Gasteiger partial charge in [0.05, 0.1) is 5.56 Å². The van der Waals surface area contributed by atoms with E-state index in [1.165, 1.54) is 11.1 Å². The van der Waals surface area contributed by atoms with Gasteiger partial charge in [0.15, 0.2) is 0 Å². The Balaban J connectivity index is 1.78. The number of aromatic hydroxyl groups is 1. The van der Waals surface area contributed by atoms with Gasteiger partial charge in [-0.05, 0) is 41.2 Å². The zero-order valence-electron chi connectivity index (χ0n) is 14.2. The lowest BCUT2D eigenvalue weighted by atomic mass is 9.97. The number of carbonyl (C=O) groups excluding carboxylic acids is 1. The van der Waals surface area contributed by atoms with E-state index in [2.05, 4.69) is 32.1 Å². The average molecular weight is 321 g/mol. The minimum atomic E-state index is -0.0987. The zero-order valence-corrected chi connectivity index (χ0v) is 14.2. The molecule has 2 aromatic rings. The Morgan fingerprint density at radius 3 is 2.50 bits per heavy atom. The van der Waals surface area contributed by atoms with E-state index < -0.39 is 0 Å². The maximum Gasteiger partial charge on any atom is 0.257 e. The Morgan fingerprint density at radius 1 is 1.12 bits per heavy atom. The molecule has 0 saturated heterocycles. The quantitative estimate of drug-likeness (QED) is 0.907. The van der Waals surface area contributed by atoms with Crippen LogP contribution in [0.3, 0.4) is 0 Å². The fraction of sp³-hybridized carbons (Fsp3) is 0.286. The van der Waals surface area contributed by atoms with Crippen molar-refractivity contribution in [1.82, 2.24) is 4.90 Å². The highest BCUT2D eigenvalue weighted by molar-refractivity contribution is 5.97. The lowest BCUT2D eigenvalue weighted by molar-refractivity contribution is 0.0769. The normalized spacial score (nSPS) is 14.6. The molecule has 0 aliphatic carbocycles. The summed E-state index contributed by atoms with van der Waals surface area (Å²) >= 11 is 0. The van der Waals surface area contributed by atoms with Crippen LogP contribution in [0, 0.1) is 0 Å². The second kappa shape index (κ2) is 6.91. The Labute approximate surface area is 143 Å². The van der Waals surface area contributed by atoms with Crippen molar-refractivity contribution in [2.24, 2.45) is 0 Å². The second-order valence-electron chi connectivity index (χ2n) is 6.53. The fourth-order valence-corrected chi connectivity index (χ4v) is 3.02. The van der Waals surface area contributed by atoms with E-state index >= 15 is 0 Å². The first kappa shape index (κ1) is 16.3. The summed E-state index contributed by atoms with van der Waals surface area (Å²) in [6, 6.07) is 15.6. The van der Waals surface area contributed by atoms with Crippen molar-refractivity contribution in [3.8, 4) is 5.75 Å². The summed E-state index contributed by atoms with van der Waals surface area (Å²) in [4.78, 5) is 14.6. The van der Waals surface area contributed by atoms with Crippen molar-refractivity contribution in [2.45, 2.75) is 26.2 Å². The van der Waals surface area contributed by atoms with Crippen LogP contribution in [-0.4, -0.2) is 29.0 Å². The molecule has 1 heterocycles. The van der Waals surface area contributed by atoms with Gasteiger partial charge in [-0.2, -0.15) is 0 Å². The number of phenolic OH excluding ortho intramolecular Hbond substituents is 1. The van der Waals surface area contributed by atoms with Crippen molar-refractivity contribution in [2.75, 3.05) is 13.1 Å². The number of benzene rings is 2. The van der Waals surface area contributed by atoms with Gasteiger partial charge in [0, 0.05) is 13.1 Å². The standard InChI is InChI=1S/C21H23NO2/c1-15(2)18-8-9-20(23)19(14-18)21(24)22-12-10-17(11-13-22)16-6-4-3-5-7-16/h3-10,14-15,23H,11-13H2,1-2H3. The number of carbonyl (C=O) groups is 1. The van der Waals surface area contributed by atoms with E-state index in [4.69, 9.17) is 0 Å². The van der Waals surface area contributed by atoms with Crippen LogP contribution in [0.2, 0.25) is 0 Å². The smallest absolute Gasteiger partial charge is 0.257 e. The molecule has 1 aliphatic rings. The molecule has 3 rings (SSSR count). The maximum absolute atomic E-state index is 12.8. The van der Waals surface area contributed by atoms with Gasteiger partial charge in [0.2, 0.25) is 0 Å². The second-order valence-corrected chi connectivity index (χ2v) is 6.53. The summed E-state index contributed by atoms with van der Waals surface area (Å²) < 4.78 is 0. The molecule has 0 aromatic heterocycles. The van der Waals surface area contributed by atoms with E-state index in [1.807, 2.05) is 30.3 Å². The van der Waals surface area contributed by atoms with Crippen molar-refractivity contribution < 1.29 is 9.90 Å². The summed E-state index contributed by atoms with van der Waals surface area (Å²) in [7, 11) is 0. The van der Waals surface area contributed by atoms with Gasteiger partial charge in [-0.25, -0.2) is 0 Å². The van der Waals surface area contributed by atoms with Crippen molar-refractivity contribution in [3.05, 3.63) is 71.3 Å². The van der Waals surface area contributed by atoms with Gasteiger partial charge in [0.25, 0.3) is 5.91 Å². The average Bonchev–Trinajstić information content (AvgIpc) is 2.62. The molecule has 24 heavy (non-hydrogen) atoms. The Hall–Kier alpha value is -2.55. The number of amides is 1. The van der Waals surface area contributed by atoms with Crippen LogP contribution >= 0.6 is 0 Å². The first-order chi connectivity index (χ1) is 11.6. The van der Waals surface area contributed by atoms with Gasteiger partial charge < -0.3 is 10.0 Å². The molecule has 124 valence electrons. The molecule has 0 atom stereocenters. The topological polar surface area (TPSA) is 40.5 Å². The third kappa shape index (κ3) is 3.35. The number of nitrogens with zero attached hydrogens (tertiary/aromatic N) is 1. The van der Waals surface area contributed by atoms with Crippen LogP contribution in [-0.2, 0) is 0 Å². The van der Waals surface area contributed by atoms with Crippen molar-refractivity contribution in [3.63, 3.8) is 0 Å². The Bertz CT molecular complexity index is 763. The molecule has 0 bridgehead atoms. The van der Waals surface area contributed by atoms with E-state index in [-0.39, 0.29) is 11.7 Å². The number of hydrogen-bond acceptors (Lipinski definition) is 2. The highest BCUT2D eigenvalue weighted by Gasteiger charge is 2.22. The molecule has 3 heteroatoms. The molecule has 0 saturated carbocycles. The molecule has 1 N–H and O–H groups in total. The molecule has 0 spiro atoms. The van der Waals surface area contributed by atoms with Crippen LogP contribution in [0.4, 0.5) is 0 Å². The van der Waals surface area contributed by atoms with Gasteiger partial charge in [-0.1, -0.05) is 56.3 Å². The minimum Gasteiger partial charge on any atom is -0.507 e. The monoisotopic (exact) mass is 321 g/mol. The molecule has 2 aromatic carbocycles. The summed E-state index contributed by atoms with van der Waals surface area (Å²) in [5, 5.41) is 10.1. The first-order valence-corrected chi connectivity index (χ1v) is 8.43. The fourth-order valence-electron chi connectivity index (χ4n) is 3.02. The molecular weight excluding hydrogens is 298 g/mol. The predicted molar refractivity (Wildman–Crippen MR) is 97.1 cm³/mol. The lowest BCUT2D eigenvalue weighted by Gasteiger charge is -2.27. The highest BCUT2D eigenvalue weighted by atomic mass is 16.3. The first-order valence-electron chi connectivity index (χ1n) is 8.43. The number of rotatable bonds is 3.